The number of piperazine rings is 1. The van der Waals surface area contributed by atoms with E-state index in [0.29, 0.717) is 36.8 Å². The number of rotatable bonds is 3. The molecule has 0 saturated carbocycles. The molecular weight excluding hydrogens is 348 g/mol. The summed E-state index contributed by atoms with van der Waals surface area (Å²) in [4.78, 5) is 5.39. The third-order valence-electron chi connectivity index (χ3n) is 3.96. The lowest BCUT2D eigenvalue weighted by molar-refractivity contribution is -0.364. The average molecular weight is 364 g/mol. The Labute approximate surface area is 146 Å². The number of aromatic nitrogens is 1. The van der Waals surface area contributed by atoms with Crippen molar-refractivity contribution < 1.29 is 13.4 Å². The SMILES string of the molecule is N#Cc1ccc(N2CCN(S(=O)(=O)c3ccc(Cl)cc3)CC2)[nH+]c1. The molecule has 0 spiro atoms. The Bertz CT molecular complexity index is 852. The quantitative estimate of drug-likeness (QED) is 0.828. The summed E-state index contributed by atoms with van der Waals surface area (Å²) in [6.07, 6.45) is 1.65. The maximum Gasteiger partial charge on any atom is 0.274 e. The normalized spacial score (nSPS) is 15.9. The summed E-state index contributed by atoms with van der Waals surface area (Å²) in [7, 11) is -3.50. The van der Waals surface area contributed by atoms with Gasteiger partial charge in [0.1, 0.15) is 12.3 Å². The van der Waals surface area contributed by atoms with Crippen LogP contribution in [-0.2, 0) is 10.0 Å². The molecule has 3 rings (SSSR count). The predicted molar refractivity (Wildman–Crippen MR) is 90.1 cm³/mol. The van der Waals surface area contributed by atoms with Crippen molar-refractivity contribution >= 4 is 27.4 Å². The number of anilines is 1. The monoisotopic (exact) mass is 363 g/mol. The number of benzene rings is 1. The van der Waals surface area contributed by atoms with E-state index < -0.39 is 10.0 Å². The van der Waals surface area contributed by atoms with Crippen molar-refractivity contribution in [2.45, 2.75) is 4.90 Å². The highest BCUT2D eigenvalue weighted by Gasteiger charge is 2.31. The lowest BCUT2D eigenvalue weighted by Gasteiger charge is -2.30. The van der Waals surface area contributed by atoms with E-state index in [1.807, 2.05) is 6.07 Å². The highest BCUT2D eigenvalue weighted by molar-refractivity contribution is 7.89. The molecule has 8 heteroatoms. The van der Waals surface area contributed by atoms with E-state index in [1.54, 1.807) is 24.4 Å². The first kappa shape index (κ1) is 16.7. The first-order valence-electron chi connectivity index (χ1n) is 7.43. The zero-order valence-corrected chi connectivity index (χ0v) is 14.4. The molecule has 2 aromatic rings. The van der Waals surface area contributed by atoms with Crippen LogP contribution < -0.4 is 9.88 Å². The summed E-state index contributed by atoms with van der Waals surface area (Å²) in [6.45, 7) is 1.96. The molecule has 0 amide bonds. The van der Waals surface area contributed by atoms with Gasteiger partial charge in [0.15, 0.2) is 0 Å². The van der Waals surface area contributed by atoms with Gasteiger partial charge in [-0.1, -0.05) is 11.6 Å². The Balaban J connectivity index is 1.70. The van der Waals surface area contributed by atoms with Crippen LogP contribution in [0.25, 0.3) is 0 Å². The van der Waals surface area contributed by atoms with Crippen molar-refractivity contribution in [3.8, 4) is 6.07 Å². The van der Waals surface area contributed by atoms with Crippen LogP contribution >= 0.6 is 11.6 Å². The molecule has 6 nitrogen and oxygen atoms in total. The fourth-order valence-electron chi connectivity index (χ4n) is 2.61. The molecule has 1 aromatic carbocycles. The Hall–Kier alpha value is -2.14. The van der Waals surface area contributed by atoms with E-state index >= 15 is 0 Å². The molecule has 1 N–H and O–H groups in total. The summed E-state index contributed by atoms with van der Waals surface area (Å²) in [6, 6.07) is 11.8. The second-order valence-electron chi connectivity index (χ2n) is 5.42. The molecule has 1 fully saturated rings. The molecule has 1 aliphatic rings. The van der Waals surface area contributed by atoms with Gasteiger partial charge < -0.3 is 0 Å². The van der Waals surface area contributed by atoms with E-state index in [4.69, 9.17) is 16.9 Å². The van der Waals surface area contributed by atoms with Crippen molar-refractivity contribution in [2.24, 2.45) is 0 Å². The van der Waals surface area contributed by atoms with Crippen molar-refractivity contribution in [3.05, 3.63) is 53.2 Å². The largest absolute Gasteiger partial charge is 0.274 e. The van der Waals surface area contributed by atoms with Crippen LogP contribution in [0.1, 0.15) is 5.56 Å². The van der Waals surface area contributed by atoms with Gasteiger partial charge in [0.25, 0.3) is 5.82 Å². The molecule has 1 aromatic heterocycles. The Kier molecular flexibility index (Phi) is 4.71. The van der Waals surface area contributed by atoms with Gasteiger partial charge in [-0.2, -0.15) is 9.57 Å². The number of halogens is 1. The van der Waals surface area contributed by atoms with Crippen molar-refractivity contribution in [3.63, 3.8) is 0 Å². The number of hydrogen-bond donors (Lipinski definition) is 0. The minimum absolute atomic E-state index is 0.255. The second-order valence-corrected chi connectivity index (χ2v) is 7.79. The van der Waals surface area contributed by atoms with Gasteiger partial charge in [-0.15, -0.1) is 0 Å². The highest BCUT2D eigenvalue weighted by Crippen LogP contribution is 2.20. The van der Waals surface area contributed by atoms with Gasteiger partial charge in [0, 0.05) is 11.1 Å². The van der Waals surface area contributed by atoms with Gasteiger partial charge in [0.2, 0.25) is 10.0 Å². The summed E-state index contributed by atoms with van der Waals surface area (Å²) >= 11 is 5.82. The van der Waals surface area contributed by atoms with Crippen LogP contribution in [0.5, 0.6) is 0 Å². The summed E-state index contributed by atoms with van der Waals surface area (Å²) in [5.41, 5.74) is 0.558. The second kappa shape index (κ2) is 6.77. The Morgan fingerprint density at radius 3 is 2.25 bits per heavy atom. The number of pyridine rings is 1. The van der Waals surface area contributed by atoms with E-state index in [0.717, 1.165) is 5.82 Å². The van der Waals surface area contributed by atoms with Crippen molar-refractivity contribution in [1.82, 2.24) is 4.31 Å². The van der Waals surface area contributed by atoms with Gasteiger partial charge in [0.05, 0.1) is 36.6 Å². The van der Waals surface area contributed by atoms with E-state index in [2.05, 4.69) is 16.0 Å². The lowest BCUT2D eigenvalue weighted by atomic mass is 10.3. The Morgan fingerprint density at radius 1 is 1.04 bits per heavy atom. The number of nitriles is 1. The third kappa shape index (κ3) is 3.36. The van der Waals surface area contributed by atoms with Gasteiger partial charge in [-0.3, -0.25) is 4.90 Å². The molecule has 124 valence electrons. The number of nitrogens with zero attached hydrogens (tertiary/aromatic N) is 3. The zero-order valence-electron chi connectivity index (χ0n) is 12.8. The van der Waals surface area contributed by atoms with Gasteiger partial charge in [-0.05, 0) is 30.3 Å². The molecule has 24 heavy (non-hydrogen) atoms. The standard InChI is InChI=1S/C16H15ClN4O2S/c17-14-2-4-15(5-3-14)24(22,23)21-9-7-20(8-10-21)16-6-1-13(11-18)12-19-16/h1-6,12H,7-10H2/p+1. The molecular formula is C16H16ClN4O2S+. The van der Waals surface area contributed by atoms with E-state index in [1.165, 1.54) is 16.4 Å². The third-order valence-corrected chi connectivity index (χ3v) is 6.12. The molecule has 0 atom stereocenters. The van der Waals surface area contributed by atoms with Crippen LogP contribution in [0.15, 0.2) is 47.5 Å². The molecule has 0 bridgehead atoms. The molecule has 0 unspecified atom stereocenters. The van der Waals surface area contributed by atoms with Crippen LogP contribution in [0.2, 0.25) is 5.02 Å². The smallest absolute Gasteiger partial charge is 0.259 e. The minimum Gasteiger partial charge on any atom is -0.259 e. The number of hydrogen-bond acceptors (Lipinski definition) is 4. The van der Waals surface area contributed by atoms with Gasteiger partial charge >= 0.3 is 0 Å². The first-order valence-corrected chi connectivity index (χ1v) is 9.25. The zero-order chi connectivity index (χ0) is 17.2. The molecule has 0 radical (unpaired) electrons. The highest BCUT2D eigenvalue weighted by atomic mass is 35.5. The topological polar surface area (TPSA) is 78.5 Å². The summed E-state index contributed by atoms with van der Waals surface area (Å²) < 4.78 is 26.8. The fraction of sp³-hybridized carbons (Fsp3) is 0.250. The fourth-order valence-corrected chi connectivity index (χ4v) is 4.16. The van der Waals surface area contributed by atoms with E-state index in [-0.39, 0.29) is 4.90 Å². The molecule has 1 saturated heterocycles. The average Bonchev–Trinajstić information content (AvgIpc) is 2.62. The van der Waals surface area contributed by atoms with Crippen LogP contribution in [0.4, 0.5) is 5.82 Å². The maximum absolute atomic E-state index is 12.6. The van der Waals surface area contributed by atoms with Crippen LogP contribution in [0, 0.1) is 11.3 Å². The minimum atomic E-state index is -3.50. The summed E-state index contributed by atoms with van der Waals surface area (Å²) in [5, 5.41) is 9.33. The van der Waals surface area contributed by atoms with Crippen LogP contribution in [0.3, 0.4) is 0 Å². The van der Waals surface area contributed by atoms with Crippen molar-refractivity contribution in [1.29, 1.82) is 5.26 Å². The molecule has 2 heterocycles. The maximum atomic E-state index is 12.6. The van der Waals surface area contributed by atoms with Crippen LogP contribution in [-0.4, -0.2) is 38.9 Å². The number of sulfonamides is 1. The summed E-state index contributed by atoms with van der Waals surface area (Å²) in [5.74, 6) is 0.873. The predicted octanol–water partition coefficient (Wildman–Crippen LogP) is 1.54. The Morgan fingerprint density at radius 2 is 1.71 bits per heavy atom. The number of H-pyrrole nitrogens is 1. The van der Waals surface area contributed by atoms with E-state index in [9.17, 15) is 8.42 Å². The van der Waals surface area contributed by atoms with Gasteiger partial charge in [-0.25, -0.2) is 13.4 Å². The lowest BCUT2D eigenvalue weighted by Crippen LogP contribution is -2.49. The number of aromatic amines is 1. The molecule has 0 aliphatic carbocycles. The first-order chi connectivity index (χ1) is 11.5. The number of nitrogens with one attached hydrogen (secondary N) is 1. The van der Waals surface area contributed by atoms with Crippen molar-refractivity contribution in [2.75, 3.05) is 31.1 Å². The molecule has 1 aliphatic heterocycles.